The summed E-state index contributed by atoms with van der Waals surface area (Å²) in [7, 11) is 0. The number of nitrogens with zero attached hydrogens (tertiary/aromatic N) is 1. The Balaban J connectivity index is 2.34. The van der Waals surface area contributed by atoms with Gasteiger partial charge in [-0.2, -0.15) is 0 Å². The molecule has 1 fully saturated rings. The van der Waals surface area contributed by atoms with Gasteiger partial charge in [-0.05, 0) is 79.2 Å². The normalized spacial score (nSPS) is 16.5. The number of carbonyl (C=O) groups is 3. The topological polar surface area (TPSA) is 82.1 Å². The van der Waals surface area contributed by atoms with Gasteiger partial charge in [-0.25, -0.2) is 4.79 Å². The first-order valence-electron chi connectivity index (χ1n) is 8.86. The summed E-state index contributed by atoms with van der Waals surface area (Å²) < 4.78 is 16.8. The zero-order valence-electron chi connectivity index (χ0n) is 16.1. The summed E-state index contributed by atoms with van der Waals surface area (Å²) >= 11 is 4.24. The zero-order chi connectivity index (χ0) is 20.8. The average molecular weight is 472 g/mol. The Bertz CT molecular complexity index is 810. The molecule has 0 bridgehead atoms. The van der Waals surface area contributed by atoms with E-state index in [4.69, 9.17) is 14.2 Å². The minimum absolute atomic E-state index is 0.176. The van der Waals surface area contributed by atoms with Crippen LogP contribution in [0.15, 0.2) is 21.5 Å². The molecule has 0 N–H and O–H groups in total. The molecule has 1 heterocycles. The number of amides is 2. The van der Waals surface area contributed by atoms with Gasteiger partial charge >= 0.3 is 5.97 Å². The first kappa shape index (κ1) is 22.3. The number of esters is 1. The number of imide groups is 1. The van der Waals surface area contributed by atoms with E-state index in [-0.39, 0.29) is 11.5 Å². The van der Waals surface area contributed by atoms with Gasteiger partial charge in [0.15, 0.2) is 11.5 Å². The van der Waals surface area contributed by atoms with Crippen molar-refractivity contribution in [3.8, 4) is 11.5 Å². The first-order chi connectivity index (χ1) is 13.3. The lowest BCUT2D eigenvalue weighted by Crippen LogP contribution is -2.42. The molecule has 9 heteroatoms. The number of halogens is 1. The third-order valence-corrected chi connectivity index (χ3v) is 5.23. The number of ether oxygens (including phenoxy) is 3. The van der Waals surface area contributed by atoms with Crippen LogP contribution in [-0.2, 0) is 14.3 Å². The molecule has 7 nitrogen and oxygen atoms in total. The number of carbonyl (C=O) groups excluding carboxylic acids is 3. The molecule has 1 aliphatic heterocycles. The molecule has 28 heavy (non-hydrogen) atoms. The van der Waals surface area contributed by atoms with E-state index in [1.807, 2.05) is 13.8 Å². The van der Waals surface area contributed by atoms with E-state index in [2.05, 4.69) is 15.9 Å². The fourth-order valence-corrected chi connectivity index (χ4v) is 4.03. The summed E-state index contributed by atoms with van der Waals surface area (Å²) in [5, 5.41) is -0.508. The lowest BCUT2D eigenvalue weighted by atomic mass is 10.1. The van der Waals surface area contributed by atoms with Crippen LogP contribution in [0.5, 0.6) is 11.5 Å². The van der Waals surface area contributed by atoms with Gasteiger partial charge in [0.1, 0.15) is 6.04 Å². The van der Waals surface area contributed by atoms with Crippen molar-refractivity contribution in [3.05, 3.63) is 27.1 Å². The lowest BCUT2D eigenvalue weighted by Gasteiger charge is -2.19. The molecule has 1 aromatic rings. The Kier molecular flexibility index (Phi) is 7.94. The standard InChI is InChI=1S/C19H22BrNO6S/c1-5-25-14-9-12(8-13(20)16(14)26-6-2)10-15-17(22)21(19(24)28-15)11(4)18(23)27-7-3/h8-11H,5-7H2,1-4H3/b15-10+/t11-/m0/s1. The van der Waals surface area contributed by atoms with Gasteiger partial charge in [-0.15, -0.1) is 0 Å². The van der Waals surface area contributed by atoms with Crippen molar-refractivity contribution >= 4 is 50.9 Å². The third kappa shape index (κ3) is 4.88. The van der Waals surface area contributed by atoms with Crippen LogP contribution in [0.1, 0.15) is 33.3 Å². The zero-order valence-corrected chi connectivity index (χ0v) is 18.5. The molecular weight excluding hydrogens is 450 g/mol. The van der Waals surface area contributed by atoms with Crippen molar-refractivity contribution in [3.63, 3.8) is 0 Å². The molecule has 0 unspecified atom stereocenters. The Labute approximate surface area is 176 Å². The molecule has 152 valence electrons. The van der Waals surface area contributed by atoms with Crippen LogP contribution in [0.2, 0.25) is 0 Å². The highest BCUT2D eigenvalue weighted by molar-refractivity contribution is 9.10. The molecule has 1 saturated heterocycles. The Morgan fingerprint density at radius 1 is 1.18 bits per heavy atom. The molecule has 0 aliphatic carbocycles. The van der Waals surface area contributed by atoms with Crippen LogP contribution < -0.4 is 9.47 Å². The van der Waals surface area contributed by atoms with E-state index in [0.29, 0.717) is 34.7 Å². The minimum atomic E-state index is -0.982. The predicted molar refractivity (Wildman–Crippen MR) is 110 cm³/mol. The molecule has 1 aromatic carbocycles. The Hall–Kier alpha value is -2.00. The number of rotatable bonds is 8. The van der Waals surface area contributed by atoms with Crippen LogP contribution >= 0.6 is 27.7 Å². The van der Waals surface area contributed by atoms with E-state index < -0.39 is 23.2 Å². The maximum Gasteiger partial charge on any atom is 0.329 e. The largest absolute Gasteiger partial charge is 0.490 e. The third-order valence-electron chi connectivity index (χ3n) is 3.76. The van der Waals surface area contributed by atoms with Crippen molar-refractivity contribution in [2.24, 2.45) is 0 Å². The van der Waals surface area contributed by atoms with Crippen molar-refractivity contribution in [2.75, 3.05) is 19.8 Å². The van der Waals surface area contributed by atoms with Gasteiger partial charge in [-0.3, -0.25) is 14.5 Å². The maximum atomic E-state index is 12.7. The van der Waals surface area contributed by atoms with Gasteiger partial charge in [0.2, 0.25) is 0 Å². The van der Waals surface area contributed by atoms with Crippen molar-refractivity contribution in [1.29, 1.82) is 0 Å². The first-order valence-corrected chi connectivity index (χ1v) is 10.5. The van der Waals surface area contributed by atoms with Gasteiger partial charge in [-0.1, -0.05) is 0 Å². The Morgan fingerprint density at radius 3 is 2.46 bits per heavy atom. The van der Waals surface area contributed by atoms with E-state index in [9.17, 15) is 14.4 Å². The van der Waals surface area contributed by atoms with Crippen molar-refractivity contribution in [2.45, 2.75) is 33.7 Å². The fraction of sp³-hybridized carbons (Fsp3) is 0.421. The molecular formula is C19H22BrNO6S. The molecule has 2 amide bonds. The molecule has 0 spiro atoms. The van der Waals surface area contributed by atoms with Crippen LogP contribution in [-0.4, -0.2) is 47.9 Å². The van der Waals surface area contributed by atoms with Gasteiger partial charge in [0, 0.05) is 0 Å². The van der Waals surface area contributed by atoms with Crippen LogP contribution in [0, 0.1) is 0 Å². The van der Waals surface area contributed by atoms with Crippen LogP contribution in [0.3, 0.4) is 0 Å². The van der Waals surface area contributed by atoms with Crippen LogP contribution in [0.4, 0.5) is 4.79 Å². The second-order valence-corrected chi connectivity index (χ2v) is 7.52. The molecule has 0 aromatic heterocycles. The van der Waals surface area contributed by atoms with Crippen molar-refractivity contribution in [1.82, 2.24) is 4.90 Å². The number of hydrogen-bond acceptors (Lipinski definition) is 7. The Morgan fingerprint density at radius 2 is 1.86 bits per heavy atom. The highest BCUT2D eigenvalue weighted by atomic mass is 79.9. The molecule has 0 radical (unpaired) electrons. The number of thioether (sulfide) groups is 1. The summed E-state index contributed by atoms with van der Waals surface area (Å²) in [6.45, 7) is 7.97. The average Bonchev–Trinajstić information content (AvgIpc) is 2.91. The molecule has 2 rings (SSSR count). The number of benzene rings is 1. The minimum Gasteiger partial charge on any atom is -0.490 e. The quantitative estimate of drug-likeness (QED) is 0.414. The van der Waals surface area contributed by atoms with E-state index in [1.54, 1.807) is 25.1 Å². The molecule has 1 atom stereocenters. The second kappa shape index (κ2) is 9.97. The van der Waals surface area contributed by atoms with Crippen molar-refractivity contribution < 1.29 is 28.6 Å². The SMILES string of the molecule is CCOC(=O)[C@H](C)N1C(=O)S/C(=C/c2cc(Br)c(OCC)c(OCC)c2)C1=O. The number of hydrogen-bond donors (Lipinski definition) is 0. The summed E-state index contributed by atoms with van der Waals surface area (Å²) in [4.78, 5) is 38.0. The van der Waals surface area contributed by atoms with Gasteiger partial charge < -0.3 is 14.2 Å². The smallest absolute Gasteiger partial charge is 0.329 e. The highest BCUT2D eigenvalue weighted by Gasteiger charge is 2.41. The fourth-order valence-electron chi connectivity index (χ4n) is 2.55. The maximum absolute atomic E-state index is 12.7. The summed E-state index contributed by atoms with van der Waals surface area (Å²) in [5.74, 6) is -0.0401. The van der Waals surface area contributed by atoms with E-state index >= 15 is 0 Å². The van der Waals surface area contributed by atoms with Gasteiger partial charge in [0.05, 0.1) is 29.2 Å². The second-order valence-electron chi connectivity index (χ2n) is 5.68. The lowest BCUT2D eigenvalue weighted by molar-refractivity contribution is -0.150. The molecule has 0 saturated carbocycles. The van der Waals surface area contributed by atoms with Crippen LogP contribution in [0.25, 0.3) is 6.08 Å². The van der Waals surface area contributed by atoms with E-state index in [0.717, 1.165) is 16.7 Å². The monoisotopic (exact) mass is 471 g/mol. The summed E-state index contributed by atoms with van der Waals surface area (Å²) in [6.07, 6.45) is 1.59. The van der Waals surface area contributed by atoms with Gasteiger partial charge in [0.25, 0.3) is 11.1 Å². The summed E-state index contributed by atoms with van der Waals surface area (Å²) in [6, 6.07) is 2.53. The highest BCUT2D eigenvalue weighted by Crippen LogP contribution is 2.39. The van der Waals surface area contributed by atoms with E-state index in [1.165, 1.54) is 6.92 Å². The predicted octanol–water partition coefficient (Wildman–Crippen LogP) is 4.23. The molecule has 1 aliphatic rings. The summed E-state index contributed by atoms with van der Waals surface area (Å²) in [5.41, 5.74) is 0.660.